The molecule has 1 fully saturated rings. The molecule has 1 saturated heterocycles. The zero-order chi connectivity index (χ0) is 20.8. The van der Waals surface area contributed by atoms with E-state index in [4.69, 9.17) is 16.3 Å². The Bertz CT molecular complexity index is 886. The van der Waals surface area contributed by atoms with Crippen molar-refractivity contribution in [3.8, 4) is 0 Å². The first kappa shape index (κ1) is 21.1. The summed E-state index contributed by atoms with van der Waals surface area (Å²) >= 11 is 6.46. The molecular formula is C22H26ClN3O3. The second kappa shape index (κ2) is 9.74. The summed E-state index contributed by atoms with van der Waals surface area (Å²) in [6.07, 6.45) is 5.21. The third-order valence-electron chi connectivity index (χ3n) is 4.98. The fourth-order valence-corrected chi connectivity index (χ4v) is 3.70. The number of aromatic nitrogens is 2. The van der Waals surface area contributed by atoms with Gasteiger partial charge in [-0.15, -0.1) is 0 Å². The fraction of sp³-hybridized carbons (Fsp3) is 0.409. The lowest BCUT2D eigenvalue weighted by atomic mass is 10.1. The van der Waals surface area contributed by atoms with E-state index in [1.165, 1.54) is 6.08 Å². The third kappa shape index (κ3) is 5.48. The third-order valence-corrected chi connectivity index (χ3v) is 5.38. The number of amides is 1. The molecule has 3 rings (SSSR count). The normalized spacial score (nSPS) is 15.5. The number of nitrogens with zero attached hydrogens (tertiary/aromatic N) is 3. The smallest absolute Gasteiger partial charge is 0.331 e. The van der Waals surface area contributed by atoms with Gasteiger partial charge >= 0.3 is 5.97 Å². The molecule has 6 nitrogen and oxygen atoms in total. The van der Waals surface area contributed by atoms with E-state index in [-0.39, 0.29) is 5.91 Å². The van der Waals surface area contributed by atoms with Crippen molar-refractivity contribution in [3.63, 3.8) is 0 Å². The van der Waals surface area contributed by atoms with Gasteiger partial charge in [0.1, 0.15) is 5.15 Å². The Labute approximate surface area is 176 Å². The van der Waals surface area contributed by atoms with Crippen LogP contribution >= 0.6 is 11.6 Å². The van der Waals surface area contributed by atoms with E-state index >= 15 is 0 Å². The van der Waals surface area contributed by atoms with Crippen LogP contribution in [0.2, 0.25) is 5.15 Å². The highest BCUT2D eigenvalue weighted by Gasteiger charge is 2.24. The Hall–Kier alpha value is -2.60. The van der Waals surface area contributed by atoms with Crippen LogP contribution in [0.25, 0.3) is 6.08 Å². The standard InChI is InChI=1S/C22H26ClN3O3/c1-16-19(21(23)26(24-16)15-18-9-5-3-6-10-18)11-12-20(27)29-17(2)22(28)25-13-7-4-8-14-25/h3,5-6,9-12,17H,4,7-8,13-15H2,1-2H3/b12-11+/t17-/m1/s1. The maximum absolute atomic E-state index is 12.4. The SMILES string of the molecule is Cc1nn(Cc2ccccc2)c(Cl)c1/C=C/C(=O)O[C@H](C)C(=O)N1CCCCC1. The molecule has 29 heavy (non-hydrogen) atoms. The predicted molar refractivity (Wildman–Crippen MR) is 113 cm³/mol. The monoisotopic (exact) mass is 415 g/mol. The van der Waals surface area contributed by atoms with Gasteiger partial charge in [0.05, 0.1) is 12.2 Å². The van der Waals surface area contributed by atoms with E-state index in [9.17, 15) is 9.59 Å². The number of aryl methyl sites for hydroxylation is 1. The van der Waals surface area contributed by atoms with Gasteiger partial charge in [0.25, 0.3) is 5.91 Å². The quantitative estimate of drug-likeness (QED) is 0.531. The topological polar surface area (TPSA) is 64.4 Å². The highest BCUT2D eigenvalue weighted by atomic mass is 35.5. The summed E-state index contributed by atoms with van der Waals surface area (Å²) in [5, 5.41) is 4.91. The number of hydrogen-bond donors (Lipinski definition) is 0. The number of hydrogen-bond acceptors (Lipinski definition) is 4. The first-order valence-electron chi connectivity index (χ1n) is 9.90. The molecule has 0 spiro atoms. The molecule has 1 aliphatic heterocycles. The van der Waals surface area contributed by atoms with Crippen molar-refractivity contribution in [2.24, 2.45) is 0 Å². The van der Waals surface area contributed by atoms with E-state index in [2.05, 4.69) is 5.10 Å². The van der Waals surface area contributed by atoms with Crippen molar-refractivity contribution in [2.45, 2.75) is 45.8 Å². The van der Waals surface area contributed by atoms with Crippen LogP contribution < -0.4 is 0 Å². The van der Waals surface area contributed by atoms with Gasteiger partial charge in [-0.2, -0.15) is 5.10 Å². The van der Waals surface area contributed by atoms with Gasteiger partial charge in [-0.3, -0.25) is 4.79 Å². The number of halogens is 1. The van der Waals surface area contributed by atoms with Crippen LogP contribution in [-0.4, -0.2) is 45.8 Å². The van der Waals surface area contributed by atoms with Gasteiger partial charge in [-0.05, 0) is 44.7 Å². The minimum Gasteiger partial charge on any atom is -0.449 e. The molecule has 1 atom stereocenters. The minimum absolute atomic E-state index is 0.142. The molecule has 2 aromatic rings. The van der Waals surface area contributed by atoms with Crippen molar-refractivity contribution in [1.82, 2.24) is 14.7 Å². The lowest BCUT2D eigenvalue weighted by Gasteiger charge is -2.28. The fourth-order valence-electron chi connectivity index (χ4n) is 3.40. The maximum Gasteiger partial charge on any atom is 0.331 e. The first-order valence-corrected chi connectivity index (χ1v) is 10.3. The zero-order valence-electron chi connectivity index (χ0n) is 16.8. The predicted octanol–water partition coefficient (Wildman–Crippen LogP) is 3.85. The zero-order valence-corrected chi connectivity index (χ0v) is 17.6. The van der Waals surface area contributed by atoms with Crippen molar-refractivity contribution < 1.29 is 14.3 Å². The maximum atomic E-state index is 12.4. The van der Waals surface area contributed by atoms with E-state index in [0.717, 1.165) is 37.9 Å². The molecule has 0 saturated carbocycles. The molecule has 0 radical (unpaired) electrons. The van der Waals surface area contributed by atoms with Crippen molar-refractivity contribution >= 4 is 29.6 Å². The average molecular weight is 416 g/mol. The summed E-state index contributed by atoms with van der Waals surface area (Å²) in [5.74, 6) is -0.717. The summed E-state index contributed by atoms with van der Waals surface area (Å²) in [7, 11) is 0. The van der Waals surface area contributed by atoms with Gasteiger partial charge in [-0.25, -0.2) is 9.48 Å². The summed E-state index contributed by atoms with van der Waals surface area (Å²) in [4.78, 5) is 26.3. The van der Waals surface area contributed by atoms with Crippen LogP contribution in [0.1, 0.15) is 43.0 Å². The Morgan fingerprint density at radius 3 is 2.59 bits per heavy atom. The molecule has 1 amide bonds. The highest BCUT2D eigenvalue weighted by molar-refractivity contribution is 6.31. The number of esters is 1. The van der Waals surface area contributed by atoms with Crippen molar-refractivity contribution in [3.05, 3.63) is 58.4 Å². The molecule has 2 heterocycles. The van der Waals surface area contributed by atoms with Crippen LogP contribution in [0, 0.1) is 6.92 Å². The number of carbonyl (C=O) groups is 2. The molecule has 0 unspecified atom stereocenters. The molecule has 7 heteroatoms. The molecule has 1 aromatic carbocycles. The largest absolute Gasteiger partial charge is 0.449 e. The van der Waals surface area contributed by atoms with E-state index < -0.39 is 12.1 Å². The number of piperidine rings is 1. The van der Waals surface area contributed by atoms with Gasteiger partial charge in [0.15, 0.2) is 6.10 Å². The lowest BCUT2D eigenvalue weighted by Crippen LogP contribution is -2.42. The number of rotatable bonds is 6. The van der Waals surface area contributed by atoms with Crippen LogP contribution in [0.4, 0.5) is 0 Å². The summed E-state index contributed by atoms with van der Waals surface area (Å²) < 4.78 is 6.98. The lowest BCUT2D eigenvalue weighted by molar-refractivity contribution is -0.155. The van der Waals surface area contributed by atoms with Crippen molar-refractivity contribution in [1.29, 1.82) is 0 Å². The summed E-state index contributed by atoms with van der Waals surface area (Å²) in [5.41, 5.74) is 2.46. The summed E-state index contributed by atoms with van der Waals surface area (Å²) in [6.45, 7) is 5.44. The highest BCUT2D eigenvalue weighted by Crippen LogP contribution is 2.22. The average Bonchev–Trinajstić information content (AvgIpc) is 2.99. The molecule has 0 N–H and O–H groups in total. The van der Waals surface area contributed by atoms with Gasteiger partial charge < -0.3 is 9.64 Å². The molecule has 154 valence electrons. The van der Waals surface area contributed by atoms with Gasteiger partial charge in [-0.1, -0.05) is 41.9 Å². The van der Waals surface area contributed by atoms with Crippen LogP contribution in [-0.2, 0) is 20.9 Å². The molecule has 0 bridgehead atoms. The van der Waals surface area contributed by atoms with Gasteiger partial charge in [0, 0.05) is 24.7 Å². The number of ether oxygens (including phenoxy) is 1. The van der Waals surface area contributed by atoms with E-state index in [1.807, 2.05) is 37.3 Å². The van der Waals surface area contributed by atoms with Crippen LogP contribution in [0.3, 0.4) is 0 Å². The molecule has 1 aromatic heterocycles. The second-order valence-electron chi connectivity index (χ2n) is 7.23. The number of carbonyl (C=O) groups excluding carboxylic acids is 2. The summed E-state index contributed by atoms with van der Waals surface area (Å²) in [6, 6.07) is 9.88. The molecule has 0 aliphatic carbocycles. The second-order valence-corrected chi connectivity index (χ2v) is 7.59. The number of benzene rings is 1. The number of likely N-dealkylation sites (tertiary alicyclic amines) is 1. The molecule has 1 aliphatic rings. The van der Waals surface area contributed by atoms with Crippen LogP contribution in [0.5, 0.6) is 0 Å². The molecular weight excluding hydrogens is 390 g/mol. The van der Waals surface area contributed by atoms with E-state index in [1.54, 1.807) is 22.6 Å². The Kier molecular flexibility index (Phi) is 7.09. The van der Waals surface area contributed by atoms with Crippen LogP contribution in [0.15, 0.2) is 36.4 Å². The minimum atomic E-state index is -0.803. The van der Waals surface area contributed by atoms with Gasteiger partial charge in [0.2, 0.25) is 0 Å². The Morgan fingerprint density at radius 1 is 1.21 bits per heavy atom. The first-order chi connectivity index (χ1) is 14.0. The van der Waals surface area contributed by atoms with E-state index in [0.29, 0.717) is 23.0 Å². The van der Waals surface area contributed by atoms with Crippen molar-refractivity contribution in [2.75, 3.05) is 13.1 Å². The Balaban J connectivity index is 1.61. The Morgan fingerprint density at radius 2 is 1.90 bits per heavy atom.